The summed E-state index contributed by atoms with van der Waals surface area (Å²) in [4.78, 5) is 13.0. The van der Waals surface area contributed by atoms with Gasteiger partial charge in [-0.3, -0.25) is 0 Å². The van der Waals surface area contributed by atoms with Gasteiger partial charge in [0.1, 0.15) is 11.2 Å². The topological polar surface area (TPSA) is 82.8 Å². The third-order valence-corrected chi connectivity index (χ3v) is 3.90. The van der Waals surface area contributed by atoms with E-state index < -0.39 is 0 Å². The summed E-state index contributed by atoms with van der Waals surface area (Å²) in [7, 11) is 0. The molecule has 0 fully saturated rings. The van der Waals surface area contributed by atoms with E-state index in [0.717, 1.165) is 5.56 Å². The first kappa shape index (κ1) is 13.8. The molecule has 0 aliphatic rings. The van der Waals surface area contributed by atoms with Crippen LogP contribution in [0.4, 0.5) is 5.95 Å². The zero-order valence-corrected chi connectivity index (χ0v) is 12.7. The van der Waals surface area contributed by atoms with Crippen LogP contribution in [0.1, 0.15) is 5.56 Å². The van der Waals surface area contributed by atoms with Gasteiger partial charge in [0.15, 0.2) is 11.4 Å². The maximum atomic E-state index is 6.23. The highest BCUT2D eigenvalue weighted by atomic mass is 35.5. The number of nitrogen functional groups attached to an aromatic ring is 1. The molecule has 0 aliphatic carbocycles. The lowest BCUT2D eigenvalue weighted by Crippen LogP contribution is -2.03. The van der Waals surface area contributed by atoms with Crippen molar-refractivity contribution in [3.63, 3.8) is 0 Å². The molecule has 0 bridgehead atoms. The molecule has 6 nitrogen and oxygen atoms in total. The first-order valence-corrected chi connectivity index (χ1v) is 7.36. The van der Waals surface area contributed by atoms with Gasteiger partial charge in [0.2, 0.25) is 5.95 Å². The van der Waals surface area contributed by atoms with E-state index in [1.165, 1.54) is 0 Å². The molecular formula is C16H12ClN5O. The van der Waals surface area contributed by atoms with Crippen molar-refractivity contribution in [3.8, 4) is 11.5 Å². The molecule has 7 heteroatoms. The Morgan fingerprint density at radius 2 is 2.00 bits per heavy atom. The molecule has 0 saturated carbocycles. The van der Waals surface area contributed by atoms with Crippen LogP contribution < -0.4 is 5.73 Å². The smallest absolute Gasteiger partial charge is 0.222 e. The van der Waals surface area contributed by atoms with Gasteiger partial charge in [-0.25, -0.2) is 9.97 Å². The van der Waals surface area contributed by atoms with Gasteiger partial charge in [-0.15, -0.1) is 0 Å². The van der Waals surface area contributed by atoms with Crippen LogP contribution in [0.5, 0.6) is 0 Å². The van der Waals surface area contributed by atoms with Crippen LogP contribution >= 0.6 is 11.6 Å². The van der Waals surface area contributed by atoms with Crippen molar-refractivity contribution in [2.24, 2.45) is 0 Å². The molecule has 2 N–H and O–H groups in total. The number of rotatable bonds is 3. The third-order valence-electron chi connectivity index (χ3n) is 3.53. The molecule has 0 spiro atoms. The van der Waals surface area contributed by atoms with Gasteiger partial charge >= 0.3 is 0 Å². The number of imidazole rings is 1. The fourth-order valence-electron chi connectivity index (χ4n) is 2.47. The first-order valence-electron chi connectivity index (χ1n) is 6.98. The number of halogens is 1. The Morgan fingerprint density at radius 3 is 2.78 bits per heavy atom. The van der Waals surface area contributed by atoms with E-state index in [0.29, 0.717) is 34.2 Å². The Balaban J connectivity index is 1.85. The second-order valence-electron chi connectivity index (χ2n) is 5.04. The first-order chi connectivity index (χ1) is 11.2. The largest absolute Gasteiger partial charge is 0.463 e. The second-order valence-corrected chi connectivity index (χ2v) is 5.45. The average molecular weight is 326 g/mol. The summed E-state index contributed by atoms with van der Waals surface area (Å²) in [6.07, 6.45) is 3.29. The summed E-state index contributed by atoms with van der Waals surface area (Å²) < 4.78 is 7.30. The second kappa shape index (κ2) is 5.40. The predicted molar refractivity (Wildman–Crippen MR) is 88.0 cm³/mol. The molecule has 114 valence electrons. The highest BCUT2D eigenvalue weighted by Crippen LogP contribution is 2.27. The van der Waals surface area contributed by atoms with Crippen molar-refractivity contribution in [3.05, 3.63) is 59.6 Å². The number of hydrogen-bond acceptors (Lipinski definition) is 5. The van der Waals surface area contributed by atoms with E-state index in [9.17, 15) is 0 Å². The van der Waals surface area contributed by atoms with Crippen LogP contribution in [0.15, 0.2) is 53.4 Å². The van der Waals surface area contributed by atoms with Gasteiger partial charge in [0, 0.05) is 5.02 Å². The Hall–Kier alpha value is -2.86. The quantitative estimate of drug-likeness (QED) is 0.624. The summed E-state index contributed by atoms with van der Waals surface area (Å²) in [6, 6.07) is 11.3. The minimum atomic E-state index is 0.171. The van der Waals surface area contributed by atoms with E-state index >= 15 is 0 Å². The lowest BCUT2D eigenvalue weighted by molar-refractivity contribution is 0.580. The Labute approximate surface area is 136 Å². The number of nitrogens with two attached hydrogens (primary N) is 1. The summed E-state index contributed by atoms with van der Waals surface area (Å²) in [5.41, 5.74) is 8.69. The highest BCUT2D eigenvalue weighted by Gasteiger charge is 2.16. The molecule has 0 aliphatic heterocycles. The number of anilines is 1. The molecule has 3 heterocycles. The maximum Gasteiger partial charge on any atom is 0.222 e. The van der Waals surface area contributed by atoms with E-state index in [2.05, 4.69) is 15.0 Å². The molecule has 1 aromatic carbocycles. The zero-order chi connectivity index (χ0) is 15.8. The standard InChI is InChI=1S/C16H12ClN5O/c17-11-5-2-1-4-10(11)8-22-9-19-14-13(12-6-3-7-23-12)20-16(18)21-15(14)22/h1-7,9H,8H2,(H2,18,20,21). The average Bonchev–Trinajstić information content (AvgIpc) is 3.19. The SMILES string of the molecule is Nc1nc(-c2ccco2)c2ncn(Cc3ccccc3Cl)c2n1. The Bertz CT molecular complexity index is 977. The van der Waals surface area contributed by atoms with E-state index in [-0.39, 0.29) is 5.95 Å². The molecule has 0 atom stereocenters. The fourth-order valence-corrected chi connectivity index (χ4v) is 2.67. The van der Waals surface area contributed by atoms with E-state index in [4.69, 9.17) is 21.8 Å². The molecule has 4 aromatic rings. The van der Waals surface area contributed by atoms with Crippen LogP contribution in [-0.4, -0.2) is 19.5 Å². The minimum absolute atomic E-state index is 0.171. The normalized spacial score (nSPS) is 11.2. The summed E-state index contributed by atoms with van der Waals surface area (Å²) in [6.45, 7) is 0.546. The van der Waals surface area contributed by atoms with Gasteiger partial charge in [0.05, 0.1) is 19.1 Å². The van der Waals surface area contributed by atoms with Crippen LogP contribution in [-0.2, 0) is 6.54 Å². The van der Waals surface area contributed by atoms with Crippen LogP contribution in [0.3, 0.4) is 0 Å². The van der Waals surface area contributed by atoms with Crippen molar-refractivity contribution < 1.29 is 4.42 Å². The van der Waals surface area contributed by atoms with Gasteiger partial charge in [-0.05, 0) is 23.8 Å². The molecule has 0 amide bonds. The lowest BCUT2D eigenvalue weighted by atomic mass is 10.2. The monoisotopic (exact) mass is 325 g/mol. The molecule has 0 radical (unpaired) electrons. The molecule has 0 saturated heterocycles. The molecule has 3 aromatic heterocycles. The highest BCUT2D eigenvalue weighted by molar-refractivity contribution is 6.31. The van der Waals surface area contributed by atoms with Gasteiger partial charge in [0.25, 0.3) is 0 Å². The van der Waals surface area contributed by atoms with Gasteiger partial charge in [-0.1, -0.05) is 29.8 Å². The molecule has 4 rings (SSSR count). The minimum Gasteiger partial charge on any atom is -0.463 e. The van der Waals surface area contributed by atoms with Crippen LogP contribution in [0.2, 0.25) is 5.02 Å². The van der Waals surface area contributed by atoms with Crippen molar-refractivity contribution in [1.29, 1.82) is 0 Å². The third kappa shape index (κ3) is 2.43. The number of nitrogens with zero attached hydrogens (tertiary/aromatic N) is 4. The lowest BCUT2D eigenvalue weighted by Gasteiger charge is -2.07. The molecular weight excluding hydrogens is 314 g/mol. The Morgan fingerprint density at radius 1 is 1.13 bits per heavy atom. The molecule has 0 unspecified atom stereocenters. The summed E-state index contributed by atoms with van der Waals surface area (Å²) in [5, 5.41) is 0.697. The van der Waals surface area contributed by atoms with Crippen molar-refractivity contribution in [1.82, 2.24) is 19.5 Å². The predicted octanol–water partition coefficient (Wildman–Crippen LogP) is 3.37. The number of hydrogen-bond donors (Lipinski definition) is 1. The maximum absolute atomic E-state index is 6.23. The van der Waals surface area contributed by atoms with Crippen LogP contribution in [0.25, 0.3) is 22.6 Å². The van der Waals surface area contributed by atoms with Gasteiger partial charge in [-0.2, -0.15) is 4.98 Å². The fraction of sp³-hybridized carbons (Fsp3) is 0.0625. The van der Waals surface area contributed by atoms with Crippen LogP contribution in [0, 0.1) is 0 Å². The van der Waals surface area contributed by atoms with E-state index in [1.54, 1.807) is 18.7 Å². The number of furan rings is 1. The summed E-state index contributed by atoms with van der Waals surface area (Å²) >= 11 is 6.23. The van der Waals surface area contributed by atoms with Gasteiger partial charge < -0.3 is 14.7 Å². The summed E-state index contributed by atoms with van der Waals surface area (Å²) in [5.74, 6) is 0.775. The Kier molecular flexibility index (Phi) is 3.24. The number of benzene rings is 1. The van der Waals surface area contributed by atoms with Crippen molar-refractivity contribution in [2.45, 2.75) is 6.54 Å². The zero-order valence-electron chi connectivity index (χ0n) is 12.0. The van der Waals surface area contributed by atoms with Crippen molar-refractivity contribution >= 4 is 28.7 Å². The van der Waals surface area contributed by atoms with Crippen molar-refractivity contribution in [2.75, 3.05) is 5.73 Å². The molecule has 23 heavy (non-hydrogen) atoms. The number of aromatic nitrogens is 4. The van der Waals surface area contributed by atoms with E-state index in [1.807, 2.05) is 34.9 Å². The number of fused-ring (bicyclic) bond motifs is 1.